The summed E-state index contributed by atoms with van der Waals surface area (Å²) in [7, 11) is 0. The van der Waals surface area contributed by atoms with E-state index in [1.807, 2.05) is 10.9 Å². The van der Waals surface area contributed by atoms with E-state index in [0.29, 0.717) is 13.0 Å². The molecule has 0 spiro atoms. The summed E-state index contributed by atoms with van der Waals surface area (Å²) in [6, 6.07) is 0. The van der Waals surface area contributed by atoms with Crippen LogP contribution in [-0.2, 0) is 18.4 Å². The van der Waals surface area contributed by atoms with E-state index in [9.17, 15) is 4.39 Å². The number of nitrogens with zero attached hydrogens (tertiary/aromatic N) is 2. The molecule has 2 rings (SSSR count). The highest BCUT2D eigenvalue weighted by Gasteiger charge is 2.26. The smallest absolute Gasteiger partial charge is 0.120 e. The minimum atomic E-state index is -0.713. The Morgan fingerprint density at radius 2 is 2.21 bits per heavy atom. The molecule has 1 unspecified atom stereocenters. The number of alkyl halides is 1. The molecule has 1 atom stereocenters. The maximum absolute atomic E-state index is 13.1. The minimum Gasteiger partial charge on any atom is -0.266 e. The maximum atomic E-state index is 13.1. The van der Waals surface area contributed by atoms with Gasteiger partial charge in [0.15, 0.2) is 0 Å². The van der Waals surface area contributed by atoms with Crippen LogP contribution in [0.2, 0.25) is 0 Å². The molecule has 1 aliphatic heterocycles. The van der Waals surface area contributed by atoms with Crippen molar-refractivity contribution in [3.05, 3.63) is 17.5 Å². The molecule has 0 radical (unpaired) electrons. The van der Waals surface area contributed by atoms with Gasteiger partial charge >= 0.3 is 0 Å². The Balaban J connectivity index is 2.38. The molecule has 78 valence electrons. The van der Waals surface area contributed by atoms with E-state index in [1.165, 1.54) is 11.3 Å². The number of rotatable bonds is 0. The van der Waals surface area contributed by atoms with E-state index in [2.05, 4.69) is 25.9 Å². The largest absolute Gasteiger partial charge is 0.266 e. The molecule has 0 aromatic carbocycles. The van der Waals surface area contributed by atoms with Crippen molar-refractivity contribution in [1.29, 1.82) is 0 Å². The summed E-state index contributed by atoms with van der Waals surface area (Å²) in [5.74, 6) is 0. The van der Waals surface area contributed by atoms with Gasteiger partial charge in [0, 0.05) is 5.69 Å². The second-order valence-electron chi connectivity index (χ2n) is 5.07. The Bertz CT molecular complexity index is 336. The molecule has 0 aliphatic carbocycles. The summed E-state index contributed by atoms with van der Waals surface area (Å²) < 4.78 is 14.9. The number of hydrogen-bond acceptors (Lipinski definition) is 1. The lowest BCUT2D eigenvalue weighted by atomic mass is 9.85. The molecule has 0 amide bonds. The molecule has 14 heavy (non-hydrogen) atoms. The lowest BCUT2D eigenvalue weighted by Gasteiger charge is -2.23. The fourth-order valence-corrected chi connectivity index (χ4v) is 2.03. The first kappa shape index (κ1) is 9.69. The first-order valence-corrected chi connectivity index (χ1v) is 5.17. The Morgan fingerprint density at radius 1 is 1.50 bits per heavy atom. The summed E-state index contributed by atoms with van der Waals surface area (Å²) in [6.07, 6.45) is 2.66. The van der Waals surface area contributed by atoms with Gasteiger partial charge in [-0.1, -0.05) is 20.8 Å². The van der Waals surface area contributed by atoms with Gasteiger partial charge in [0.1, 0.15) is 6.17 Å². The molecular formula is C11H17FN2. The standard InChI is InChI=1S/C11H17FN2/c1-11(2,3)9-6-13-14-7-8(12)4-5-10(9)14/h6,8H,4-5,7H2,1-3H3. The molecule has 0 saturated heterocycles. The molecule has 0 bridgehead atoms. The van der Waals surface area contributed by atoms with Crippen molar-refractivity contribution in [1.82, 2.24) is 9.78 Å². The van der Waals surface area contributed by atoms with E-state index in [-0.39, 0.29) is 5.41 Å². The van der Waals surface area contributed by atoms with E-state index in [1.54, 1.807) is 0 Å². The number of halogens is 1. The highest BCUT2D eigenvalue weighted by molar-refractivity contribution is 5.26. The van der Waals surface area contributed by atoms with E-state index >= 15 is 0 Å². The molecular weight excluding hydrogens is 179 g/mol. The zero-order valence-corrected chi connectivity index (χ0v) is 9.05. The van der Waals surface area contributed by atoms with Crippen LogP contribution in [0.1, 0.15) is 38.4 Å². The number of fused-ring (bicyclic) bond motifs is 1. The lowest BCUT2D eigenvalue weighted by Crippen LogP contribution is -2.24. The van der Waals surface area contributed by atoms with Gasteiger partial charge in [-0.15, -0.1) is 0 Å². The van der Waals surface area contributed by atoms with Gasteiger partial charge in [-0.25, -0.2) is 4.39 Å². The van der Waals surface area contributed by atoms with Crippen LogP contribution < -0.4 is 0 Å². The second-order valence-corrected chi connectivity index (χ2v) is 5.07. The van der Waals surface area contributed by atoms with E-state index < -0.39 is 6.17 Å². The molecule has 1 aliphatic rings. The topological polar surface area (TPSA) is 17.8 Å². The Hall–Kier alpha value is -0.860. The van der Waals surface area contributed by atoms with Crippen molar-refractivity contribution in [2.24, 2.45) is 0 Å². The molecule has 1 aromatic rings. The van der Waals surface area contributed by atoms with Crippen molar-refractivity contribution in [2.45, 2.75) is 51.7 Å². The van der Waals surface area contributed by atoms with Gasteiger partial charge in [0.25, 0.3) is 0 Å². The van der Waals surface area contributed by atoms with Crippen LogP contribution in [0.25, 0.3) is 0 Å². The zero-order chi connectivity index (χ0) is 10.3. The third-order valence-electron chi connectivity index (χ3n) is 2.82. The fraction of sp³-hybridized carbons (Fsp3) is 0.727. The maximum Gasteiger partial charge on any atom is 0.120 e. The normalized spacial score (nSPS) is 22.1. The van der Waals surface area contributed by atoms with Gasteiger partial charge in [-0.3, -0.25) is 4.68 Å². The van der Waals surface area contributed by atoms with Gasteiger partial charge in [-0.05, 0) is 23.8 Å². The molecule has 1 aromatic heterocycles. The summed E-state index contributed by atoms with van der Waals surface area (Å²) in [6.45, 7) is 6.95. The molecule has 2 nitrogen and oxygen atoms in total. The minimum absolute atomic E-state index is 0.122. The lowest BCUT2D eigenvalue weighted by molar-refractivity contribution is 0.243. The fourth-order valence-electron chi connectivity index (χ4n) is 2.03. The average Bonchev–Trinajstić information content (AvgIpc) is 2.45. The summed E-state index contributed by atoms with van der Waals surface area (Å²) in [5, 5.41) is 4.25. The van der Waals surface area contributed by atoms with E-state index in [4.69, 9.17) is 0 Å². The second kappa shape index (κ2) is 3.07. The Morgan fingerprint density at radius 3 is 2.86 bits per heavy atom. The Kier molecular flexibility index (Phi) is 2.13. The van der Waals surface area contributed by atoms with Crippen molar-refractivity contribution >= 4 is 0 Å². The van der Waals surface area contributed by atoms with Gasteiger partial charge in [0.05, 0.1) is 12.7 Å². The van der Waals surface area contributed by atoms with Crippen LogP contribution in [-0.4, -0.2) is 16.0 Å². The number of hydrogen-bond donors (Lipinski definition) is 0. The highest BCUT2D eigenvalue weighted by atomic mass is 19.1. The SMILES string of the molecule is CC(C)(C)c1cnn2c1CCC(F)C2. The van der Waals surface area contributed by atoms with Crippen LogP contribution in [0.4, 0.5) is 4.39 Å². The van der Waals surface area contributed by atoms with Crippen LogP contribution in [0.5, 0.6) is 0 Å². The van der Waals surface area contributed by atoms with Crippen molar-refractivity contribution in [2.75, 3.05) is 0 Å². The third kappa shape index (κ3) is 1.56. The first-order chi connectivity index (χ1) is 6.48. The summed E-state index contributed by atoms with van der Waals surface area (Å²) >= 11 is 0. The monoisotopic (exact) mass is 196 g/mol. The average molecular weight is 196 g/mol. The summed E-state index contributed by atoms with van der Waals surface area (Å²) in [4.78, 5) is 0. The molecule has 3 heteroatoms. The third-order valence-corrected chi connectivity index (χ3v) is 2.82. The zero-order valence-electron chi connectivity index (χ0n) is 9.05. The molecule has 0 N–H and O–H groups in total. The quantitative estimate of drug-likeness (QED) is 0.623. The Labute approximate surface area is 84.1 Å². The van der Waals surface area contributed by atoms with Crippen molar-refractivity contribution in [3.8, 4) is 0 Å². The predicted molar refractivity (Wildman–Crippen MR) is 54.1 cm³/mol. The van der Waals surface area contributed by atoms with Crippen LogP contribution >= 0.6 is 0 Å². The number of aromatic nitrogens is 2. The van der Waals surface area contributed by atoms with Gasteiger partial charge < -0.3 is 0 Å². The van der Waals surface area contributed by atoms with Crippen LogP contribution in [0.3, 0.4) is 0 Å². The van der Waals surface area contributed by atoms with E-state index in [0.717, 1.165) is 6.42 Å². The first-order valence-electron chi connectivity index (χ1n) is 5.17. The van der Waals surface area contributed by atoms with Gasteiger partial charge in [-0.2, -0.15) is 5.10 Å². The molecule has 0 fully saturated rings. The van der Waals surface area contributed by atoms with Crippen molar-refractivity contribution < 1.29 is 4.39 Å². The molecule has 0 saturated carbocycles. The van der Waals surface area contributed by atoms with Crippen LogP contribution in [0.15, 0.2) is 6.20 Å². The highest BCUT2D eigenvalue weighted by Crippen LogP contribution is 2.29. The predicted octanol–water partition coefficient (Wildman–Crippen LogP) is 2.46. The van der Waals surface area contributed by atoms with Gasteiger partial charge in [0.2, 0.25) is 0 Å². The van der Waals surface area contributed by atoms with Crippen LogP contribution in [0, 0.1) is 0 Å². The summed E-state index contributed by atoms with van der Waals surface area (Å²) in [5.41, 5.74) is 2.62. The van der Waals surface area contributed by atoms with Crippen molar-refractivity contribution in [3.63, 3.8) is 0 Å². The molecule has 2 heterocycles.